The van der Waals surface area contributed by atoms with Gasteiger partial charge in [-0.1, -0.05) is 66.7 Å². The summed E-state index contributed by atoms with van der Waals surface area (Å²) >= 11 is 0. The molecule has 5 aromatic rings. The van der Waals surface area contributed by atoms with Crippen LogP contribution in [0.5, 0.6) is 0 Å². The molecular weight excluding hydrogens is 504 g/mol. The first-order valence-electron chi connectivity index (χ1n) is 12.3. The second-order valence-corrected chi connectivity index (χ2v) is 11.0. The summed E-state index contributed by atoms with van der Waals surface area (Å²) in [5.41, 5.74) is 4.59. The highest BCUT2D eigenvalue weighted by Gasteiger charge is 2.28. The maximum atomic E-state index is 13.4. The van der Waals surface area contributed by atoms with E-state index in [4.69, 9.17) is 0 Å². The molecule has 38 heavy (non-hydrogen) atoms. The lowest BCUT2D eigenvalue weighted by atomic mass is 9.77. The van der Waals surface area contributed by atoms with E-state index in [1.165, 1.54) is 12.1 Å². The first kappa shape index (κ1) is 25.8. The van der Waals surface area contributed by atoms with Gasteiger partial charge in [0.1, 0.15) is 12.5 Å². The summed E-state index contributed by atoms with van der Waals surface area (Å²) in [6, 6.07) is 31.9. The normalized spacial score (nSPS) is 13.4. The molecule has 0 saturated carbocycles. The van der Waals surface area contributed by atoms with E-state index in [2.05, 4.69) is 15.9 Å². The van der Waals surface area contributed by atoms with Crippen LogP contribution in [-0.2, 0) is 10.0 Å². The van der Waals surface area contributed by atoms with Crippen molar-refractivity contribution >= 4 is 20.9 Å². The number of aromatic nitrogens is 2. The summed E-state index contributed by atoms with van der Waals surface area (Å²) in [4.78, 5) is 0. The van der Waals surface area contributed by atoms with Crippen LogP contribution in [0, 0.1) is 5.82 Å². The number of benzene rings is 4. The number of nitrogens with zero attached hydrogens (tertiary/aromatic N) is 2. The summed E-state index contributed by atoms with van der Waals surface area (Å²) in [6.45, 7) is -0.832. The van der Waals surface area contributed by atoms with Crippen molar-refractivity contribution < 1.29 is 17.2 Å². The minimum Gasteiger partial charge on any atom is -0.250 e. The van der Waals surface area contributed by atoms with Crippen LogP contribution in [0.2, 0.25) is 0 Å². The number of nitrogens with one attached hydrogen (secondary N) is 1. The molecule has 0 saturated heterocycles. The fourth-order valence-corrected chi connectivity index (χ4v) is 5.65. The molecule has 8 heteroatoms. The first-order valence-corrected chi connectivity index (χ1v) is 14.0. The Kier molecular flexibility index (Phi) is 7.62. The maximum Gasteiger partial charge on any atom is 0.214 e. The number of rotatable bonds is 10. The molecule has 5 rings (SSSR count). The van der Waals surface area contributed by atoms with Gasteiger partial charge in [0.15, 0.2) is 0 Å². The largest absolute Gasteiger partial charge is 0.250 e. The maximum absolute atomic E-state index is 13.4. The Balaban J connectivity index is 1.60. The lowest BCUT2D eigenvalue weighted by Crippen LogP contribution is -2.33. The highest BCUT2D eigenvalue weighted by atomic mass is 32.2. The molecule has 194 valence electrons. The Morgan fingerprint density at radius 1 is 0.816 bits per heavy atom. The van der Waals surface area contributed by atoms with Gasteiger partial charge < -0.3 is 0 Å². The van der Waals surface area contributed by atoms with Crippen molar-refractivity contribution in [1.29, 1.82) is 0 Å². The van der Waals surface area contributed by atoms with E-state index in [0.717, 1.165) is 33.3 Å². The second-order valence-electron chi connectivity index (χ2n) is 9.11. The van der Waals surface area contributed by atoms with E-state index in [0.29, 0.717) is 0 Å². The topological polar surface area (TPSA) is 64.0 Å². The highest BCUT2D eigenvalue weighted by Crippen LogP contribution is 2.39. The van der Waals surface area contributed by atoms with Gasteiger partial charge in [0.25, 0.3) is 0 Å². The van der Waals surface area contributed by atoms with Gasteiger partial charge in [-0.05, 0) is 53.1 Å². The van der Waals surface area contributed by atoms with E-state index in [1.807, 2.05) is 72.8 Å². The van der Waals surface area contributed by atoms with Gasteiger partial charge in [-0.2, -0.15) is 5.10 Å². The molecule has 0 fully saturated rings. The molecule has 0 aliphatic heterocycles. The second kappa shape index (κ2) is 11.2. The van der Waals surface area contributed by atoms with Crippen LogP contribution < -0.4 is 4.72 Å². The number of hydrogen-bond acceptors (Lipinski definition) is 3. The van der Waals surface area contributed by atoms with Crippen molar-refractivity contribution in [1.82, 2.24) is 14.5 Å². The Bertz CT molecular complexity index is 1610. The zero-order valence-corrected chi connectivity index (χ0v) is 21.4. The Labute approximate surface area is 220 Å². The fourth-order valence-electron chi connectivity index (χ4n) is 4.87. The van der Waals surface area contributed by atoms with Crippen molar-refractivity contribution in [3.63, 3.8) is 0 Å². The van der Waals surface area contributed by atoms with Gasteiger partial charge in [0.05, 0.1) is 23.2 Å². The molecule has 0 radical (unpaired) electrons. The summed E-state index contributed by atoms with van der Waals surface area (Å²) in [5.74, 6) is -1.35. The molecule has 2 atom stereocenters. The number of alkyl halides is 1. The van der Waals surface area contributed by atoms with Gasteiger partial charge in [0, 0.05) is 23.8 Å². The molecule has 0 amide bonds. The molecule has 4 aromatic carbocycles. The third-order valence-corrected chi connectivity index (χ3v) is 7.98. The SMILES string of the molecule is O=S(=O)(CCF)NCC(c1ccccc1)C(c1ccccc1)c1ccc2c(cnn2-c2ccc(F)cc2)c1. The van der Waals surface area contributed by atoms with Crippen LogP contribution >= 0.6 is 0 Å². The standard InChI is InChI=1S/C30H27F2N3O2S/c31-17-18-38(36,37)34-21-28(22-7-3-1-4-8-22)30(23-9-5-2-6-10-23)24-11-16-29-25(19-24)20-33-35(29)27-14-12-26(32)13-15-27/h1-16,19-20,28,30,34H,17-18,21H2. The van der Waals surface area contributed by atoms with Crippen LogP contribution in [0.4, 0.5) is 8.78 Å². The highest BCUT2D eigenvalue weighted by molar-refractivity contribution is 7.89. The summed E-state index contributed by atoms with van der Waals surface area (Å²) in [7, 11) is -3.76. The fraction of sp³-hybridized carbons (Fsp3) is 0.167. The Morgan fingerprint density at radius 2 is 1.47 bits per heavy atom. The van der Waals surface area contributed by atoms with E-state index >= 15 is 0 Å². The minimum atomic E-state index is -3.76. The zero-order valence-electron chi connectivity index (χ0n) is 20.5. The van der Waals surface area contributed by atoms with Crippen molar-refractivity contribution in [3.8, 4) is 5.69 Å². The number of fused-ring (bicyclic) bond motifs is 1. The van der Waals surface area contributed by atoms with Crippen molar-refractivity contribution in [2.45, 2.75) is 11.8 Å². The molecule has 0 aliphatic rings. The number of sulfonamides is 1. The predicted octanol–water partition coefficient (Wildman–Crippen LogP) is 5.97. The minimum absolute atomic E-state index is 0.110. The van der Waals surface area contributed by atoms with Gasteiger partial charge >= 0.3 is 0 Å². The molecule has 1 aromatic heterocycles. The number of hydrogen-bond donors (Lipinski definition) is 1. The summed E-state index contributed by atoms with van der Waals surface area (Å²) in [6.07, 6.45) is 1.77. The van der Waals surface area contributed by atoms with Crippen LogP contribution in [0.1, 0.15) is 28.5 Å². The average molecular weight is 532 g/mol. The van der Waals surface area contributed by atoms with Gasteiger partial charge in [-0.3, -0.25) is 0 Å². The van der Waals surface area contributed by atoms with E-state index in [9.17, 15) is 17.2 Å². The van der Waals surface area contributed by atoms with Crippen LogP contribution in [-0.4, -0.2) is 37.2 Å². The van der Waals surface area contributed by atoms with Gasteiger partial charge in [-0.25, -0.2) is 26.6 Å². The number of halogens is 2. The van der Waals surface area contributed by atoms with E-state index in [-0.39, 0.29) is 24.2 Å². The quantitative estimate of drug-likeness (QED) is 0.242. The third-order valence-electron chi connectivity index (χ3n) is 6.68. The monoisotopic (exact) mass is 531 g/mol. The van der Waals surface area contributed by atoms with E-state index in [1.54, 1.807) is 23.0 Å². The van der Waals surface area contributed by atoms with Crippen LogP contribution in [0.3, 0.4) is 0 Å². The van der Waals surface area contributed by atoms with Gasteiger partial charge in [-0.15, -0.1) is 0 Å². The summed E-state index contributed by atoms with van der Waals surface area (Å²) < 4.78 is 55.5. The smallest absolute Gasteiger partial charge is 0.214 e. The Hall–Kier alpha value is -3.88. The molecule has 0 bridgehead atoms. The van der Waals surface area contributed by atoms with Crippen molar-refractivity contribution in [2.75, 3.05) is 19.0 Å². The summed E-state index contributed by atoms with van der Waals surface area (Å²) in [5, 5.41) is 5.43. The van der Waals surface area contributed by atoms with Crippen LogP contribution in [0.25, 0.3) is 16.6 Å². The molecule has 2 unspecified atom stereocenters. The van der Waals surface area contributed by atoms with Crippen molar-refractivity contribution in [2.24, 2.45) is 0 Å². The molecule has 5 nitrogen and oxygen atoms in total. The molecule has 0 aliphatic carbocycles. The lowest BCUT2D eigenvalue weighted by Gasteiger charge is -2.29. The third kappa shape index (κ3) is 5.66. The lowest BCUT2D eigenvalue weighted by molar-refractivity contribution is 0.508. The first-order chi connectivity index (χ1) is 18.4. The average Bonchev–Trinajstić information content (AvgIpc) is 3.36. The molecular formula is C30H27F2N3O2S. The van der Waals surface area contributed by atoms with E-state index < -0.39 is 22.5 Å². The van der Waals surface area contributed by atoms with Crippen LogP contribution in [0.15, 0.2) is 109 Å². The zero-order chi connectivity index (χ0) is 26.5. The molecule has 0 spiro atoms. The predicted molar refractivity (Wildman–Crippen MR) is 146 cm³/mol. The van der Waals surface area contributed by atoms with Crippen molar-refractivity contribution in [3.05, 3.63) is 132 Å². The van der Waals surface area contributed by atoms with Gasteiger partial charge in [0.2, 0.25) is 10.0 Å². The molecule has 1 heterocycles. The molecule has 1 N–H and O–H groups in total. The Morgan fingerprint density at radius 3 is 2.13 bits per heavy atom.